The lowest BCUT2D eigenvalue weighted by atomic mass is 10.0. The molecule has 2 amide bonds. The number of sulfonamides is 1. The predicted molar refractivity (Wildman–Crippen MR) is 181 cm³/mol. The van der Waals surface area contributed by atoms with Gasteiger partial charge in [0.25, 0.3) is 10.0 Å². The van der Waals surface area contributed by atoms with Gasteiger partial charge in [-0.2, -0.15) is 0 Å². The van der Waals surface area contributed by atoms with E-state index >= 15 is 0 Å². The van der Waals surface area contributed by atoms with E-state index in [1.54, 1.807) is 36.4 Å². The third-order valence-corrected chi connectivity index (χ3v) is 9.96. The highest BCUT2D eigenvalue weighted by atomic mass is 35.5. The van der Waals surface area contributed by atoms with E-state index in [0.29, 0.717) is 11.4 Å². The number of hydrogen-bond acceptors (Lipinski definition) is 4. The molecule has 4 rings (SSSR count). The molecule has 0 saturated carbocycles. The molecule has 236 valence electrons. The van der Waals surface area contributed by atoms with Gasteiger partial charge in [0, 0.05) is 24.0 Å². The fourth-order valence-electron chi connectivity index (χ4n) is 4.99. The number of benzene rings is 4. The van der Waals surface area contributed by atoms with Crippen LogP contribution in [0.25, 0.3) is 0 Å². The predicted octanol–water partition coefficient (Wildman–Crippen LogP) is 6.71. The quantitative estimate of drug-likeness (QED) is 0.175. The highest BCUT2D eigenvalue weighted by Gasteiger charge is 2.35. The van der Waals surface area contributed by atoms with E-state index in [1.807, 2.05) is 82.3 Å². The van der Waals surface area contributed by atoms with Crippen molar-refractivity contribution in [1.82, 2.24) is 10.2 Å². The highest BCUT2D eigenvalue weighted by Crippen LogP contribution is 2.29. The lowest BCUT2D eigenvalue weighted by Gasteiger charge is -2.34. The van der Waals surface area contributed by atoms with Crippen molar-refractivity contribution in [2.24, 2.45) is 0 Å². The van der Waals surface area contributed by atoms with Crippen LogP contribution >= 0.6 is 11.6 Å². The Kier molecular flexibility index (Phi) is 11.4. The summed E-state index contributed by atoms with van der Waals surface area (Å²) in [5, 5.41) is 3.43. The SMILES string of the molecule is CC[C@H](C)NC(=O)[C@H](Cc1ccccc1)N(Cc1cccc(C)c1)C(=O)CN(c1ccc(C)c(Cl)c1)S(=O)(=O)c1ccccc1. The molecule has 0 aliphatic rings. The number of halogens is 1. The molecule has 0 bridgehead atoms. The first kappa shape index (κ1) is 33.7. The summed E-state index contributed by atoms with van der Waals surface area (Å²) < 4.78 is 29.3. The van der Waals surface area contributed by atoms with Crippen LogP contribution in [0, 0.1) is 13.8 Å². The second-order valence-corrected chi connectivity index (χ2v) is 13.6. The van der Waals surface area contributed by atoms with Crippen LogP contribution in [0.15, 0.2) is 108 Å². The van der Waals surface area contributed by atoms with Gasteiger partial charge in [-0.15, -0.1) is 0 Å². The van der Waals surface area contributed by atoms with Crippen molar-refractivity contribution in [2.75, 3.05) is 10.8 Å². The molecule has 9 heteroatoms. The van der Waals surface area contributed by atoms with Crippen LogP contribution < -0.4 is 9.62 Å². The Morgan fingerprint density at radius 1 is 0.844 bits per heavy atom. The highest BCUT2D eigenvalue weighted by molar-refractivity contribution is 7.92. The number of hydrogen-bond donors (Lipinski definition) is 1. The van der Waals surface area contributed by atoms with Gasteiger partial charge in [-0.1, -0.05) is 103 Å². The van der Waals surface area contributed by atoms with E-state index in [2.05, 4.69) is 5.32 Å². The number of carbonyl (C=O) groups is 2. The zero-order valence-electron chi connectivity index (χ0n) is 26.1. The van der Waals surface area contributed by atoms with E-state index in [0.717, 1.165) is 26.6 Å². The Balaban J connectivity index is 1.82. The normalized spacial score (nSPS) is 12.6. The molecule has 0 fully saturated rings. The molecule has 0 saturated heterocycles. The Hall–Kier alpha value is -4.14. The monoisotopic (exact) mass is 645 g/mol. The Bertz CT molecular complexity index is 1720. The van der Waals surface area contributed by atoms with Crippen LogP contribution in [0.1, 0.15) is 42.5 Å². The maximum atomic E-state index is 14.5. The third kappa shape index (κ3) is 8.74. The molecule has 45 heavy (non-hydrogen) atoms. The van der Waals surface area contributed by atoms with Crippen LogP contribution in [-0.4, -0.2) is 43.8 Å². The van der Waals surface area contributed by atoms with Gasteiger partial charge in [-0.05, 0) is 68.1 Å². The fourth-order valence-corrected chi connectivity index (χ4v) is 6.59. The number of rotatable bonds is 13. The van der Waals surface area contributed by atoms with Gasteiger partial charge in [0.15, 0.2) is 0 Å². The second kappa shape index (κ2) is 15.2. The van der Waals surface area contributed by atoms with E-state index in [-0.39, 0.29) is 35.5 Å². The molecular formula is C36H40ClN3O4S. The summed E-state index contributed by atoms with van der Waals surface area (Å²) in [6.07, 6.45) is 0.968. The van der Waals surface area contributed by atoms with Crippen LogP contribution in [0.4, 0.5) is 5.69 Å². The van der Waals surface area contributed by atoms with Gasteiger partial charge in [0.2, 0.25) is 11.8 Å². The molecule has 1 N–H and O–H groups in total. The maximum Gasteiger partial charge on any atom is 0.264 e. The largest absolute Gasteiger partial charge is 0.352 e. The number of nitrogens with zero attached hydrogens (tertiary/aromatic N) is 2. The van der Waals surface area contributed by atoms with Gasteiger partial charge in [-0.25, -0.2) is 8.42 Å². The number of nitrogens with one attached hydrogen (secondary N) is 1. The summed E-state index contributed by atoms with van der Waals surface area (Å²) in [5.41, 5.74) is 3.74. The first-order valence-corrected chi connectivity index (χ1v) is 16.8. The standard InChI is InChI=1S/C36H40ClN3O4S/c1-5-28(4)38-36(42)34(22-29-14-8-6-9-15-29)39(24-30-16-12-13-26(2)21-30)35(41)25-40(31-20-19-27(3)33(37)23-31)45(43,44)32-17-10-7-11-18-32/h6-21,23,28,34H,5,22,24-25H2,1-4H3,(H,38,42)/t28-,34-/m0/s1. The number of amides is 2. The van der Waals surface area contributed by atoms with E-state index in [1.165, 1.54) is 17.0 Å². The van der Waals surface area contributed by atoms with Crippen molar-refractivity contribution in [2.45, 2.75) is 64.1 Å². The summed E-state index contributed by atoms with van der Waals surface area (Å²) in [7, 11) is -4.19. The van der Waals surface area contributed by atoms with Crippen molar-refractivity contribution in [1.29, 1.82) is 0 Å². The number of aryl methyl sites for hydroxylation is 2. The van der Waals surface area contributed by atoms with E-state index in [4.69, 9.17) is 11.6 Å². The van der Waals surface area contributed by atoms with Crippen molar-refractivity contribution in [3.8, 4) is 0 Å². The fraction of sp³-hybridized carbons (Fsp3) is 0.278. The van der Waals surface area contributed by atoms with Crippen molar-refractivity contribution < 1.29 is 18.0 Å². The topological polar surface area (TPSA) is 86.8 Å². The molecule has 0 heterocycles. The van der Waals surface area contributed by atoms with Crippen LogP contribution in [0.3, 0.4) is 0 Å². The zero-order chi connectivity index (χ0) is 32.6. The maximum absolute atomic E-state index is 14.5. The molecule has 4 aromatic rings. The first-order chi connectivity index (χ1) is 21.5. The Morgan fingerprint density at radius 2 is 1.49 bits per heavy atom. The molecule has 4 aromatic carbocycles. The number of anilines is 1. The smallest absolute Gasteiger partial charge is 0.264 e. The first-order valence-electron chi connectivity index (χ1n) is 15.0. The Morgan fingerprint density at radius 3 is 2.11 bits per heavy atom. The zero-order valence-corrected chi connectivity index (χ0v) is 27.7. The molecule has 7 nitrogen and oxygen atoms in total. The van der Waals surface area contributed by atoms with Crippen LogP contribution in [-0.2, 0) is 32.6 Å². The lowest BCUT2D eigenvalue weighted by molar-refractivity contribution is -0.140. The van der Waals surface area contributed by atoms with Crippen LogP contribution in [0.5, 0.6) is 0 Å². The molecule has 0 unspecified atom stereocenters. The molecule has 2 atom stereocenters. The molecule has 0 aliphatic heterocycles. The van der Waals surface area contributed by atoms with Crippen LogP contribution in [0.2, 0.25) is 5.02 Å². The van der Waals surface area contributed by atoms with Gasteiger partial charge in [-0.3, -0.25) is 13.9 Å². The van der Waals surface area contributed by atoms with Gasteiger partial charge >= 0.3 is 0 Å². The van der Waals surface area contributed by atoms with Gasteiger partial charge in [0.05, 0.1) is 10.6 Å². The van der Waals surface area contributed by atoms with Crippen molar-refractivity contribution >= 4 is 39.1 Å². The summed E-state index contributed by atoms with van der Waals surface area (Å²) in [6, 6.07) is 29.1. The average Bonchev–Trinajstić information content (AvgIpc) is 3.03. The van der Waals surface area contributed by atoms with Gasteiger partial charge < -0.3 is 10.2 Å². The molecule has 0 spiro atoms. The number of carbonyl (C=O) groups excluding carboxylic acids is 2. The Labute approximate surface area is 271 Å². The molecule has 0 aromatic heterocycles. The summed E-state index contributed by atoms with van der Waals surface area (Å²) in [6.45, 7) is 7.25. The second-order valence-electron chi connectivity index (χ2n) is 11.3. The molecular weight excluding hydrogens is 606 g/mol. The van der Waals surface area contributed by atoms with E-state index < -0.39 is 28.5 Å². The minimum atomic E-state index is -4.19. The minimum absolute atomic E-state index is 0.0371. The summed E-state index contributed by atoms with van der Waals surface area (Å²) >= 11 is 6.45. The summed E-state index contributed by atoms with van der Waals surface area (Å²) in [5.74, 6) is -0.821. The molecule has 0 aliphatic carbocycles. The lowest BCUT2D eigenvalue weighted by Crippen LogP contribution is -2.54. The average molecular weight is 646 g/mol. The van der Waals surface area contributed by atoms with E-state index in [9.17, 15) is 18.0 Å². The molecule has 0 radical (unpaired) electrons. The van der Waals surface area contributed by atoms with Crippen molar-refractivity contribution in [3.63, 3.8) is 0 Å². The van der Waals surface area contributed by atoms with Crippen molar-refractivity contribution in [3.05, 3.63) is 130 Å². The summed E-state index contributed by atoms with van der Waals surface area (Å²) in [4.78, 5) is 30.0. The third-order valence-electron chi connectivity index (χ3n) is 7.76. The van der Waals surface area contributed by atoms with Gasteiger partial charge in [0.1, 0.15) is 12.6 Å². The minimum Gasteiger partial charge on any atom is -0.352 e.